The number of nitrogens with zero attached hydrogens (tertiary/aromatic N) is 5. The Balaban J connectivity index is 1.62. The fourth-order valence-electron chi connectivity index (χ4n) is 6.29. The van der Waals surface area contributed by atoms with Gasteiger partial charge in [-0.05, 0) is 64.3 Å². The molecule has 2 aliphatic heterocycles. The summed E-state index contributed by atoms with van der Waals surface area (Å²) in [7, 11) is 0. The lowest BCUT2D eigenvalue weighted by atomic mass is 9.94. The van der Waals surface area contributed by atoms with Crippen molar-refractivity contribution in [3.8, 4) is 22.6 Å². The molecule has 9 nitrogen and oxygen atoms in total. The molecule has 2 aliphatic rings. The van der Waals surface area contributed by atoms with Crippen LogP contribution in [0.1, 0.15) is 64.3 Å². The van der Waals surface area contributed by atoms with Crippen LogP contribution in [0.5, 0.6) is 5.75 Å². The summed E-state index contributed by atoms with van der Waals surface area (Å²) in [5, 5.41) is 0.604. The molecular formula is C34H36ClF2N5O4. The van der Waals surface area contributed by atoms with Crippen molar-refractivity contribution in [1.82, 2.24) is 19.4 Å². The lowest BCUT2D eigenvalue weighted by Crippen LogP contribution is -2.55. The van der Waals surface area contributed by atoms with Gasteiger partial charge < -0.3 is 19.3 Å². The Kier molecular flexibility index (Phi) is 7.95. The number of ether oxygens (including phenoxy) is 2. The standard InChI is InChI=1S/C34H36ClF2N5O4/c1-17(2)27-28(18(3)10-11-38-27)42-29-21(14-22(35)25-24-20(16-45-30(25)29)8-9-23(36)26(24)37)31(39-32(42)43)41-13-12-40(15-19(41)4)33(44)46-34(5,6)7/h8-11,14,17,19H,12-13,15-16H2,1-7H3/t19-/m0/s1. The second-order valence-electron chi connectivity index (χ2n) is 13.2. The smallest absolute Gasteiger partial charge is 0.410 e. The second-order valence-corrected chi connectivity index (χ2v) is 13.6. The Labute approximate surface area is 270 Å². The number of halogens is 3. The maximum atomic E-state index is 15.5. The van der Waals surface area contributed by atoms with E-state index in [9.17, 15) is 14.0 Å². The topological polar surface area (TPSA) is 89.8 Å². The molecule has 242 valence electrons. The highest BCUT2D eigenvalue weighted by atomic mass is 35.5. The van der Waals surface area contributed by atoms with Gasteiger partial charge in [0.15, 0.2) is 17.4 Å². The summed E-state index contributed by atoms with van der Waals surface area (Å²) >= 11 is 6.91. The van der Waals surface area contributed by atoms with Crippen molar-refractivity contribution in [1.29, 1.82) is 0 Å². The molecule has 1 amide bonds. The molecular weight excluding hydrogens is 616 g/mol. The van der Waals surface area contributed by atoms with Gasteiger partial charge in [0, 0.05) is 53.9 Å². The molecule has 12 heteroatoms. The molecule has 0 saturated carbocycles. The van der Waals surface area contributed by atoms with Crippen molar-refractivity contribution >= 4 is 34.4 Å². The molecule has 46 heavy (non-hydrogen) atoms. The SMILES string of the molecule is Cc1ccnc(C(C)C)c1-n1c(=O)nc(N2CCN(C(=O)OC(C)(C)C)C[C@@H]2C)c2cc(Cl)c3c(c21)OCc1ccc(F)c(F)c1-3. The lowest BCUT2D eigenvalue weighted by Gasteiger charge is -2.41. The number of carbonyl (C=O) groups excluding carboxylic acids is 1. The minimum absolute atomic E-state index is 0.00292. The van der Waals surface area contributed by atoms with Crippen molar-refractivity contribution in [2.75, 3.05) is 24.5 Å². The summed E-state index contributed by atoms with van der Waals surface area (Å²) in [6.07, 6.45) is 1.27. The Morgan fingerprint density at radius 1 is 1.15 bits per heavy atom. The number of amides is 1. The highest BCUT2D eigenvalue weighted by molar-refractivity contribution is 6.35. The van der Waals surface area contributed by atoms with Gasteiger partial charge >= 0.3 is 11.8 Å². The number of fused-ring (bicyclic) bond motifs is 5. The van der Waals surface area contributed by atoms with Crippen molar-refractivity contribution in [2.24, 2.45) is 0 Å². The molecule has 0 radical (unpaired) electrons. The fraction of sp³-hybridized carbons (Fsp3) is 0.412. The Morgan fingerprint density at radius 2 is 1.89 bits per heavy atom. The molecule has 4 heterocycles. The summed E-state index contributed by atoms with van der Waals surface area (Å²) in [6, 6.07) is 5.70. The third-order valence-corrected chi connectivity index (χ3v) is 8.64. The molecule has 1 atom stereocenters. The lowest BCUT2D eigenvalue weighted by molar-refractivity contribution is 0.0218. The number of benzene rings is 2. The molecule has 0 spiro atoms. The summed E-state index contributed by atoms with van der Waals surface area (Å²) in [6.45, 7) is 14.2. The van der Waals surface area contributed by atoms with Gasteiger partial charge in [-0.15, -0.1) is 0 Å². The fourth-order valence-corrected chi connectivity index (χ4v) is 6.58. The normalized spacial score (nSPS) is 16.4. The van der Waals surface area contributed by atoms with Crippen LogP contribution in [0.4, 0.5) is 19.4 Å². The van der Waals surface area contributed by atoms with E-state index in [1.54, 1.807) is 23.2 Å². The van der Waals surface area contributed by atoms with Gasteiger partial charge in [-0.25, -0.2) is 18.4 Å². The van der Waals surface area contributed by atoms with Crippen LogP contribution in [-0.4, -0.2) is 56.8 Å². The highest BCUT2D eigenvalue weighted by Crippen LogP contribution is 2.49. The van der Waals surface area contributed by atoms with Gasteiger partial charge in [-0.1, -0.05) is 31.5 Å². The number of aromatic nitrogens is 3. The number of hydrogen-bond acceptors (Lipinski definition) is 7. The monoisotopic (exact) mass is 651 g/mol. The number of pyridine rings is 1. The van der Waals surface area contributed by atoms with Crippen LogP contribution in [0.25, 0.3) is 27.7 Å². The summed E-state index contributed by atoms with van der Waals surface area (Å²) < 4.78 is 43.4. The first-order chi connectivity index (χ1) is 21.7. The van der Waals surface area contributed by atoms with Crippen LogP contribution in [-0.2, 0) is 11.3 Å². The van der Waals surface area contributed by atoms with Crippen molar-refractivity contribution in [3.63, 3.8) is 0 Å². The molecule has 2 aromatic carbocycles. The van der Waals surface area contributed by atoms with Crippen molar-refractivity contribution in [3.05, 3.63) is 74.4 Å². The summed E-state index contributed by atoms with van der Waals surface area (Å²) in [5.41, 5.74) is 1.64. The van der Waals surface area contributed by atoms with Crippen molar-refractivity contribution in [2.45, 2.75) is 72.6 Å². The number of piperazine rings is 1. The molecule has 4 aromatic rings. The van der Waals surface area contributed by atoms with Crippen LogP contribution in [0.2, 0.25) is 5.02 Å². The Bertz CT molecular complexity index is 1960. The Morgan fingerprint density at radius 3 is 2.57 bits per heavy atom. The van der Waals surface area contributed by atoms with E-state index in [-0.39, 0.29) is 40.5 Å². The van der Waals surface area contributed by atoms with E-state index < -0.39 is 29.0 Å². The summed E-state index contributed by atoms with van der Waals surface area (Å²) in [5.74, 6) is -1.62. The van der Waals surface area contributed by atoms with E-state index in [1.807, 2.05) is 53.4 Å². The van der Waals surface area contributed by atoms with Gasteiger partial charge in [-0.3, -0.25) is 9.55 Å². The van der Waals surface area contributed by atoms with Crippen LogP contribution >= 0.6 is 11.6 Å². The first-order valence-corrected chi connectivity index (χ1v) is 15.7. The average molecular weight is 652 g/mol. The van der Waals surface area contributed by atoms with Crippen LogP contribution in [0.15, 0.2) is 35.3 Å². The zero-order valence-corrected chi connectivity index (χ0v) is 27.6. The zero-order chi connectivity index (χ0) is 33.2. The predicted molar refractivity (Wildman–Crippen MR) is 173 cm³/mol. The quantitative estimate of drug-likeness (QED) is 0.232. The first-order valence-electron chi connectivity index (χ1n) is 15.3. The number of rotatable bonds is 3. The predicted octanol–water partition coefficient (Wildman–Crippen LogP) is 7.15. The van der Waals surface area contributed by atoms with Crippen LogP contribution < -0.4 is 15.3 Å². The van der Waals surface area contributed by atoms with Crippen LogP contribution in [0.3, 0.4) is 0 Å². The molecule has 0 N–H and O–H groups in total. The molecule has 0 bridgehead atoms. The Hall–Kier alpha value is -4.25. The van der Waals surface area contributed by atoms with E-state index in [4.69, 9.17) is 21.1 Å². The second kappa shape index (κ2) is 11.5. The van der Waals surface area contributed by atoms with E-state index in [0.717, 1.165) is 11.6 Å². The minimum Gasteiger partial charge on any atom is -0.486 e. The zero-order valence-electron chi connectivity index (χ0n) is 26.9. The number of hydrogen-bond donors (Lipinski definition) is 0. The maximum Gasteiger partial charge on any atom is 0.410 e. The highest BCUT2D eigenvalue weighted by Gasteiger charge is 2.35. The van der Waals surface area contributed by atoms with Gasteiger partial charge in [-0.2, -0.15) is 4.98 Å². The maximum absolute atomic E-state index is 15.5. The molecule has 1 fully saturated rings. The number of carbonyl (C=O) groups is 1. The minimum atomic E-state index is -1.04. The third kappa shape index (κ3) is 5.34. The van der Waals surface area contributed by atoms with Gasteiger partial charge in [0.1, 0.15) is 23.5 Å². The first kappa shape index (κ1) is 31.7. The van der Waals surface area contributed by atoms with Gasteiger partial charge in [0.05, 0.1) is 16.4 Å². The third-order valence-electron chi connectivity index (χ3n) is 8.34. The van der Waals surface area contributed by atoms with E-state index in [2.05, 4.69) is 9.97 Å². The average Bonchev–Trinajstić information content (AvgIpc) is 2.98. The molecule has 2 aromatic heterocycles. The number of aryl methyl sites for hydroxylation is 1. The van der Waals surface area contributed by atoms with Crippen LogP contribution in [0, 0.1) is 18.6 Å². The molecule has 6 rings (SSSR count). The van der Waals surface area contributed by atoms with E-state index in [1.165, 1.54) is 10.6 Å². The number of anilines is 1. The van der Waals surface area contributed by atoms with Gasteiger partial charge in [0.2, 0.25) is 0 Å². The van der Waals surface area contributed by atoms with Crippen molar-refractivity contribution < 1.29 is 23.0 Å². The summed E-state index contributed by atoms with van der Waals surface area (Å²) in [4.78, 5) is 40.0. The van der Waals surface area contributed by atoms with E-state index in [0.29, 0.717) is 53.3 Å². The largest absolute Gasteiger partial charge is 0.486 e. The molecule has 1 saturated heterocycles. The molecule has 0 aliphatic carbocycles. The van der Waals surface area contributed by atoms with Gasteiger partial charge in [0.25, 0.3) is 0 Å². The molecule has 0 unspecified atom stereocenters. The van der Waals surface area contributed by atoms with E-state index >= 15 is 4.39 Å².